The summed E-state index contributed by atoms with van der Waals surface area (Å²) in [5.74, 6) is 0.851. The Hall–Kier alpha value is -2.73. The summed E-state index contributed by atoms with van der Waals surface area (Å²) in [6.07, 6.45) is 0. The van der Waals surface area contributed by atoms with Gasteiger partial charge in [-0.05, 0) is 50.2 Å². The molecular weight excluding hydrogens is 380 g/mol. The molecule has 2 aromatic carbocycles. The van der Waals surface area contributed by atoms with Crippen molar-refractivity contribution in [1.82, 2.24) is 4.90 Å². The predicted molar refractivity (Wildman–Crippen MR) is 108 cm³/mol. The molecule has 28 heavy (non-hydrogen) atoms. The van der Waals surface area contributed by atoms with E-state index in [1.54, 1.807) is 41.0 Å². The molecule has 0 N–H and O–H groups in total. The summed E-state index contributed by atoms with van der Waals surface area (Å²) in [7, 11) is 0. The van der Waals surface area contributed by atoms with E-state index in [0.717, 1.165) is 5.69 Å². The number of carbonyl (C=O) groups is 2. The quantitative estimate of drug-likeness (QED) is 0.743. The maximum absolute atomic E-state index is 12.9. The van der Waals surface area contributed by atoms with Crippen molar-refractivity contribution in [2.45, 2.75) is 19.9 Å². The fourth-order valence-electron chi connectivity index (χ4n) is 3.17. The molecule has 0 unspecified atom stereocenters. The Balaban J connectivity index is 1.65. The first kappa shape index (κ1) is 20.0. The third-order valence-electron chi connectivity index (χ3n) is 4.61. The van der Waals surface area contributed by atoms with Gasteiger partial charge in [0.2, 0.25) is 5.91 Å². The number of carbonyl (C=O) groups excluding carboxylic acids is 2. The molecular formula is C21H23ClN2O4. The molecule has 1 fully saturated rings. The molecule has 0 spiro atoms. The van der Waals surface area contributed by atoms with Crippen molar-refractivity contribution in [3.63, 3.8) is 0 Å². The van der Waals surface area contributed by atoms with Crippen LogP contribution in [0.2, 0.25) is 5.02 Å². The Kier molecular flexibility index (Phi) is 6.41. The van der Waals surface area contributed by atoms with Gasteiger partial charge in [0.1, 0.15) is 17.5 Å². The van der Waals surface area contributed by atoms with Crippen LogP contribution in [0.3, 0.4) is 0 Å². The Labute approximate surface area is 169 Å². The smallest absolute Gasteiger partial charge is 0.261 e. The monoisotopic (exact) mass is 402 g/mol. The van der Waals surface area contributed by atoms with Crippen LogP contribution in [0.1, 0.15) is 13.8 Å². The predicted octanol–water partition coefficient (Wildman–Crippen LogP) is 3.38. The van der Waals surface area contributed by atoms with Crippen molar-refractivity contribution < 1.29 is 19.1 Å². The van der Waals surface area contributed by atoms with E-state index >= 15 is 0 Å². The third kappa shape index (κ3) is 4.39. The van der Waals surface area contributed by atoms with E-state index in [0.29, 0.717) is 36.2 Å². The summed E-state index contributed by atoms with van der Waals surface area (Å²) in [6, 6.07) is 13.7. The molecule has 1 atom stereocenters. The molecule has 0 bridgehead atoms. The number of hydrogen-bond donors (Lipinski definition) is 0. The van der Waals surface area contributed by atoms with Gasteiger partial charge < -0.3 is 19.3 Å². The van der Waals surface area contributed by atoms with Crippen LogP contribution in [0.25, 0.3) is 0 Å². The average molecular weight is 403 g/mol. The number of nitrogens with zero attached hydrogens (tertiary/aromatic N) is 2. The molecule has 7 heteroatoms. The molecule has 1 aliphatic rings. The topological polar surface area (TPSA) is 59.1 Å². The highest BCUT2D eigenvalue weighted by Crippen LogP contribution is 2.30. The number of benzene rings is 2. The van der Waals surface area contributed by atoms with Crippen molar-refractivity contribution in [2.75, 3.05) is 31.2 Å². The molecule has 148 valence electrons. The highest BCUT2D eigenvalue weighted by molar-refractivity contribution is 6.30. The second-order valence-corrected chi connectivity index (χ2v) is 6.83. The van der Waals surface area contributed by atoms with Gasteiger partial charge in [-0.25, -0.2) is 0 Å². The lowest BCUT2D eigenvalue weighted by Crippen LogP contribution is -2.58. The largest absolute Gasteiger partial charge is 0.492 e. The second kappa shape index (κ2) is 8.97. The number of piperazine rings is 1. The first-order valence-electron chi connectivity index (χ1n) is 9.22. The number of hydrogen-bond acceptors (Lipinski definition) is 4. The minimum atomic E-state index is -0.579. The Morgan fingerprint density at radius 3 is 2.54 bits per heavy atom. The molecule has 0 aromatic heterocycles. The third-order valence-corrected chi connectivity index (χ3v) is 4.86. The van der Waals surface area contributed by atoms with Crippen molar-refractivity contribution in [1.29, 1.82) is 0 Å². The lowest BCUT2D eigenvalue weighted by Gasteiger charge is -2.39. The van der Waals surface area contributed by atoms with E-state index in [9.17, 15) is 9.59 Å². The Bertz CT molecular complexity index is 841. The van der Waals surface area contributed by atoms with Crippen LogP contribution < -0.4 is 14.4 Å². The number of anilines is 1. The SMILES string of the molecule is CCOc1ccccc1N1CCN(C(=O)COc2ccc(Cl)cc2)[C@H](C)C1=O. The molecule has 1 aliphatic heterocycles. The molecule has 0 radical (unpaired) electrons. The van der Waals surface area contributed by atoms with E-state index < -0.39 is 6.04 Å². The van der Waals surface area contributed by atoms with Gasteiger partial charge in [-0.3, -0.25) is 9.59 Å². The minimum Gasteiger partial charge on any atom is -0.492 e. The first-order chi connectivity index (χ1) is 13.5. The second-order valence-electron chi connectivity index (χ2n) is 6.40. The minimum absolute atomic E-state index is 0.130. The van der Waals surface area contributed by atoms with E-state index in [-0.39, 0.29) is 18.4 Å². The summed E-state index contributed by atoms with van der Waals surface area (Å²) in [5, 5.41) is 0.598. The fourth-order valence-corrected chi connectivity index (χ4v) is 3.29. The molecule has 2 aromatic rings. The van der Waals surface area contributed by atoms with E-state index in [1.165, 1.54) is 0 Å². The van der Waals surface area contributed by atoms with Gasteiger partial charge in [0.25, 0.3) is 5.91 Å². The van der Waals surface area contributed by atoms with Gasteiger partial charge in [-0.15, -0.1) is 0 Å². The van der Waals surface area contributed by atoms with Crippen molar-refractivity contribution in [3.8, 4) is 11.5 Å². The molecule has 0 aliphatic carbocycles. The van der Waals surface area contributed by atoms with Crippen LogP contribution in [-0.2, 0) is 9.59 Å². The normalized spacial score (nSPS) is 16.8. The van der Waals surface area contributed by atoms with Gasteiger partial charge in [0.05, 0.1) is 12.3 Å². The highest BCUT2D eigenvalue weighted by Gasteiger charge is 2.36. The average Bonchev–Trinajstić information content (AvgIpc) is 2.70. The van der Waals surface area contributed by atoms with Crippen molar-refractivity contribution in [2.24, 2.45) is 0 Å². The maximum Gasteiger partial charge on any atom is 0.261 e. The van der Waals surface area contributed by atoms with E-state index in [4.69, 9.17) is 21.1 Å². The van der Waals surface area contributed by atoms with Crippen molar-refractivity contribution in [3.05, 3.63) is 53.6 Å². The summed E-state index contributed by atoms with van der Waals surface area (Å²) < 4.78 is 11.2. The summed E-state index contributed by atoms with van der Waals surface area (Å²) in [5.41, 5.74) is 0.728. The van der Waals surface area contributed by atoms with Gasteiger partial charge in [-0.1, -0.05) is 23.7 Å². The van der Waals surface area contributed by atoms with Gasteiger partial charge in [0, 0.05) is 18.1 Å². The lowest BCUT2D eigenvalue weighted by atomic mass is 10.1. The van der Waals surface area contributed by atoms with Gasteiger partial charge >= 0.3 is 0 Å². The van der Waals surface area contributed by atoms with E-state index in [2.05, 4.69) is 0 Å². The van der Waals surface area contributed by atoms with Gasteiger partial charge in [0.15, 0.2) is 6.61 Å². The van der Waals surface area contributed by atoms with Crippen LogP contribution in [0, 0.1) is 0 Å². The molecule has 0 saturated carbocycles. The number of para-hydroxylation sites is 2. The van der Waals surface area contributed by atoms with E-state index in [1.807, 2.05) is 31.2 Å². The fraction of sp³-hybridized carbons (Fsp3) is 0.333. The summed E-state index contributed by atoms with van der Waals surface area (Å²) in [4.78, 5) is 28.7. The van der Waals surface area contributed by atoms with Gasteiger partial charge in [-0.2, -0.15) is 0 Å². The number of rotatable bonds is 6. The number of halogens is 1. The molecule has 1 heterocycles. The molecule has 6 nitrogen and oxygen atoms in total. The summed E-state index contributed by atoms with van der Waals surface area (Å²) in [6.45, 7) is 4.85. The molecule has 1 saturated heterocycles. The van der Waals surface area contributed by atoms with Crippen LogP contribution in [0.15, 0.2) is 48.5 Å². The molecule has 2 amide bonds. The zero-order valence-electron chi connectivity index (χ0n) is 15.9. The number of amides is 2. The van der Waals surface area contributed by atoms with Crippen LogP contribution >= 0.6 is 11.6 Å². The zero-order chi connectivity index (χ0) is 20.1. The van der Waals surface area contributed by atoms with Crippen LogP contribution in [0.5, 0.6) is 11.5 Å². The standard InChI is InChI=1S/C21H23ClN2O4/c1-3-27-19-7-5-4-6-18(19)24-13-12-23(15(2)21(24)26)20(25)14-28-17-10-8-16(22)9-11-17/h4-11,15H,3,12-14H2,1-2H3/t15-/m1/s1. The maximum atomic E-state index is 12.9. The number of ether oxygens (including phenoxy) is 2. The zero-order valence-corrected chi connectivity index (χ0v) is 16.7. The van der Waals surface area contributed by atoms with Crippen molar-refractivity contribution >= 4 is 29.1 Å². The Morgan fingerprint density at radius 2 is 1.82 bits per heavy atom. The Morgan fingerprint density at radius 1 is 1.11 bits per heavy atom. The lowest BCUT2D eigenvalue weighted by molar-refractivity contribution is -0.142. The van der Waals surface area contributed by atoms with Crippen LogP contribution in [-0.4, -0.2) is 49.1 Å². The summed E-state index contributed by atoms with van der Waals surface area (Å²) >= 11 is 5.84. The van der Waals surface area contributed by atoms with Crippen LogP contribution in [0.4, 0.5) is 5.69 Å². The molecule has 3 rings (SSSR count). The highest BCUT2D eigenvalue weighted by atomic mass is 35.5. The first-order valence-corrected chi connectivity index (χ1v) is 9.60.